The molecule has 0 radical (unpaired) electrons. The number of benzene rings is 2. The lowest BCUT2D eigenvalue weighted by molar-refractivity contribution is 0.628. The van der Waals surface area contributed by atoms with Crippen molar-refractivity contribution >= 4 is 34.0 Å². The number of anilines is 2. The predicted octanol–water partition coefficient (Wildman–Crippen LogP) is 5.91. The summed E-state index contributed by atoms with van der Waals surface area (Å²) in [6.45, 7) is 0. The Kier molecular flexibility index (Phi) is 3.86. The zero-order valence-corrected chi connectivity index (χ0v) is 13.6. The van der Waals surface area contributed by atoms with Crippen molar-refractivity contribution in [3.63, 3.8) is 0 Å². The minimum absolute atomic E-state index is 0.0411. The summed E-state index contributed by atoms with van der Waals surface area (Å²) in [5, 5.41) is 4.03. The maximum absolute atomic E-state index is 13.4. The molecule has 0 aliphatic rings. The van der Waals surface area contributed by atoms with Gasteiger partial charge in [-0.3, -0.25) is 0 Å². The monoisotopic (exact) mass is 355 g/mol. The van der Waals surface area contributed by atoms with Gasteiger partial charge in [0.1, 0.15) is 17.5 Å². The minimum Gasteiger partial charge on any atom is -0.354 e. The smallest absolute Gasteiger partial charge is 0.141 e. The minimum atomic E-state index is -0.472. The first-order valence-corrected chi connectivity index (χ1v) is 7.93. The molecule has 4 aromatic rings. The van der Waals surface area contributed by atoms with Crippen LogP contribution in [0.15, 0.2) is 60.8 Å². The summed E-state index contributed by atoms with van der Waals surface area (Å²) in [5.74, 6) is -0.174. The molecule has 124 valence electrons. The van der Waals surface area contributed by atoms with E-state index in [1.54, 1.807) is 18.3 Å². The Hall–Kier alpha value is -2.92. The zero-order valence-electron chi connectivity index (χ0n) is 12.9. The highest BCUT2D eigenvalue weighted by atomic mass is 35.5. The number of pyridine rings is 1. The standard InChI is InChI=1S/C19H12ClF2N3/c20-15-8-14(4-5-16(15)22)24-19-9-18-12(10-23-19)7-17(25-18)11-2-1-3-13(21)6-11/h1-10,25H,(H,23,24). The Bertz CT molecular complexity index is 1080. The van der Waals surface area contributed by atoms with Crippen LogP contribution < -0.4 is 5.32 Å². The summed E-state index contributed by atoms with van der Waals surface area (Å²) in [6.07, 6.45) is 1.71. The summed E-state index contributed by atoms with van der Waals surface area (Å²) in [7, 11) is 0. The van der Waals surface area contributed by atoms with Crippen LogP contribution in [0.25, 0.3) is 22.2 Å². The van der Waals surface area contributed by atoms with Gasteiger partial charge in [0.05, 0.1) is 10.5 Å². The van der Waals surface area contributed by atoms with Crippen molar-refractivity contribution in [3.05, 3.63) is 77.5 Å². The Morgan fingerprint density at radius 1 is 1.00 bits per heavy atom. The van der Waals surface area contributed by atoms with Crippen LogP contribution >= 0.6 is 11.6 Å². The fourth-order valence-electron chi connectivity index (χ4n) is 2.63. The van der Waals surface area contributed by atoms with Gasteiger partial charge in [-0.25, -0.2) is 13.8 Å². The van der Waals surface area contributed by atoms with E-state index in [2.05, 4.69) is 15.3 Å². The molecule has 0 amide bonds. The molecule has 2 N–H and O–H groups in total. The van der Waals surface area contributed by atoms with E-state index >= 15 is 0 Å². The van der Waals surface area contributed by atoms with Crippen molar-refractivity contribution in [1.29, 1.82) is 0 Å². The molecule has 6 heteroatoms. The van der Waals surface area contributed by atoms with Gasteiger partial charge in [-0.05, 0) is 36.4 Å². The van der Waals surface area contributed by atoms with Crippen molar-refractivity contribution in [2.24, 2.45) is 0 Å². The lowest BCUT2D eigenvalue weighted by atomic mass is 10.1. The molecule has 0 unspecified atom stereocenters. The van der Waals surface area contributed by atoms with Gasteiger partial charge in [-0.15, -0.1) is 0 Å². The highest BCUT2D eigenvalue weighted by molar-refractivity contribution is 6.31. The summed E-state index contributed by atoms with van der Waals surface area (Å²) in [5.41, 5.74) is 3.05. The molecule has 0 saturated heterocycles. The molecular weight excluding hydrogens is 344 g/mol. The van der Waals surface area contributed by atoms with Crippen LogP contribution in [0.2, 0.25) is 5.02 Å². The molecule has 0 spiro atoms. The molecule has 0 bridgehead atoms. The van der Waals surface area contributed by atoms with Crippen molar-refractivity contribution < 1.29 is 8.78 Å². The van der Waals surface area contributed by atoms with Crippen LogP contribution in [0.3, 0.4) is 0 Å². The number of rotatable bonds is 3. The topological polar surface area (TPSA) is 40.7 Å². The molecule has 25 heavy (non-hydrogen) atoms. The molecule has 0 atom stereocenters. The first kappa shape index (κ1) is 15.6. The second kappa shape index (κ2) is 6.18. The number of aromatic nitrogens is 2. The van der Waals surface area contributed by atoms with E-state index in [4.69, 9.17) is 11.6 Å². The Morgan fingerprint density at radius 2 is 1.88 bits per heavy atom. The number of fused-ring (bicyclic) bond motifs is 1. The third-order valence-electron chi connectivity index (χ3n) is 3.83. The van der Waals surface area contributed by atoms with Crippen molar-refractivity contribution in [2.45, 2.75) is 0 Å². The molecule has 2 heterocycles. The maximum atomic E-state index is 13.4. The van der Waals surface area contributed by atoms with Gasteiger partial charge in [-0.1, -0.05) is 23.7 Å². The number of hydrogen-bond donors (Lipinski definition) is 2. The van der Waals surface area contributed by atoms with E-state index in [1.807, 2.05) is 18.2 Å². The van der Waals surface area contributed by atoms with Crippen LogP contribution in [0.5, 0.6) is 0 Å². The second-order valence-electron chi connectivity index (χ2n) is 5.60. The fraction of sp³-hybridized carbons (Fsp3) is 0. The number of hydrogen-bond acceptors (Lipinski definition) is 2. The number of nitrogens with one attached hydrogen (secondary N) is 2. The summed E-state index contributed by atoms with van der Waals surface area (Å²) >= 11 is 5.79. The van der Waals surface area contributed by atoms with E-state index in [1.165, 1.54) is 24.3 Å². The largest absolute Gasteiger partial charge is 0.354 e. The Balaban J connectivity index is 1.67. The molecule has 0 aliphatic carbocycles. The van der Waals surface area contributed by atoms with Gasteiger partial charge in [0, 0.05) is 34.6 Å². The fourth-order valence-corrected chi connectivity index (χ4v) is 2.81. The Labute approximate surface area is 147 Å². The molecular formula is C19H12ClF2N3. The average molecular weight is 356 g/mol. The molecule has 3 nitrogen and oxygen atoms in total. The molecule has 0 aliphatic heterocycles. The van der Waals surface area contributed by atoms with Gasteiger partial charge >= 0.3 is 0 Å². The summed E-state index contributed by atoms with van der Waals surface area (Å²) < 4.78 is 26.6. The number of nitrogens with zero attached hydrogens (tertiary/aromatic N) is 1. The van der Waals surface area contributed by atoms with E-state index in [9.17, 15) is 8.78 Å². The molecule has 0 saturated carbocycles. The van der Waals surface area contributed by atoms with Crippen molar-refractivity contribution in [3.8, 4) is 11.3 Å². The third-order valence-corrected chi connectivity index (χ3v) is 4.12. The molecule has 2 aromatic carbocycles. The van der Waals surface area contributed by atoms with Crippen LogP contribution in [0.4, 0.5) is 20.3 Å². The number of H-pyrrole nitrogens is 1. The first-order valence-electron chi connectivity index (χ1n) is 7.55. The lowest BCUT2D eigenvalue weighted by Crippen LogP contribution is -1.93. The molecule has 2 aromatic heterocycles. The number of halogens is 3. The van der Waals surface area contributed by atoms with E-state index < -0.39 is 5.82 Å². The quantitative estimate of drug-likeness (QED) is 0.480. The summed E-state index contributed by atoms with van der Waals surface area (Å²) in [4.78, 5) is 7.59. The highest BCUT2D eigenvalue weighted by Gasteiger charge is 2.07. The van der Waals surface area contributed by atoms with E-state index in [-0.39, 0.29) is 10.8 Å². The van der Waals surface area contributed by atoms with Gasteiger partial charge < -0.3 is 10.3 Å². The van der Waals surface area contributed by atoms with Gasteiger partial charge in [0.25, 0.3) is 0 Å². The van der Waals surface area contributed by atoms with E-state index in [0.29, 0.717) is 11.5 Å². The first-order chi connectivity index (χ1) is 12.1. The normalized spacial score (nSPS) is 11.0. The average Bonchev–Trinajstić information content (AvgIpc) is 3.02. The van der Waals surface area contributed by atoms with E-state index in [0.717, 1.165) is 22.2 Å². The van der Waals surface area contributed by atoms with Crippen LogP contribution in [0, 0.1) is 11.6 Å². The Morgan fingerprint density at radius 3 is 2.68 bits per heavy atom. The van der Waals surface area contributed by atoms with Gasteiger partial charge in [0.2, 0.25) is 0 Å². The predicted molar refractivity (Wildman–Crippen MR) is 96.2 cm³/mol. The zero-order chi connectivity index (χ0) is 17.4. The van der Waals surface area contributed by atoms with Crippen molar-refractivity contribution in [1.82, 2.24) is 9.97 Å². The molecule has 4 rings (SSSR count). The van der Waals surface area contributed by atoms with Crippen LogP contribution in [0.1, 0.15) is 0 Å². The number of aromatic amines is 1. The second-order valence-corrected chi connectivity index (χ2v) is 6.01. The van der Waals surface area contributed by atoms with Crippen LogP contribution in [-0.4, -0.2) is 9.97 Å². The van der Waals surface area contributed by atoms with Crippen LogP contribution in [-0.2, 0) is 0 Å². The molecule has 0 fully saturated rings. The maximum Gasteiger partial charge on any atom is 0.141 e. The van der Waals surface area contributed by atoms with Crippen molar-refractivity contribution in [2.75, 3.05) is 5.32 Å². The SMILES string of the molecule is Fc1cccc(-c2cc3cnc(Nc4ccc(F)c(Cl)c4)cc3[nH]2)c1. The van der Waals surface area contributed by atoms with Gasteiger partial charge in [-0.2, -0.15) is 0 Å². The lowest BCUT2D eigenvalue weighted by Gasteiger charge is -2.06. The van der Waals surface area contributed by atoms with Gasteiger partial charge in [0.15, 0.2) is 0 Å². The highest BCUT2D eigenvalue weighted by Crippen LogP contribution is 2.27. The third kappa shape index (κ3) is 3.19. The summed E-state index contributed by atoms with van der Waals surface area (Å²) in [6, 6.07) is 14.5.